The van der Waals surface area contributed by atoms with Crippen LogP contribution in [-0.4, -0.2) is 49.5 Å². The molecule has 0 amide bonds. The van der Waals surface area contributed by atoms with Crippen molar-refractivity contribution in [2.45, 2.75) is 46.5 Å². The Labute approximate surface area is 113 Å². The van der Waals surface area contributed by atoms with Crippen LogP contribution in [0.3, 0.4) is 0 Å². The zero-order valence-corrected chi connectivity index (χ0v) is 12.5. The van der Waals surface area contributed by atoms with E-state index in [1.165, 1.54) is 25.7 Å². The second-order valence-electron chi connectivity index (χ2n) is 5.93. The molecule has 1 aliphatic carbocycles. The van der Waals surface area contributed by atoms with Gasteiger partial charge in [-0.15, -0.1) is 0 Å². The molecule has 1 N–H and O–H groups in total. The smallest absolute Gasteiger partial charge is 0.0593 e. The van der Waals surface area contributed by atoms with Crippen LogP contribution in [0.5, 0.6) is 0 Å². The van der Waals surface area contributed by atoms with Gasteiger partial charge in [-0.05, 0) is 32.2 Å². The van der Waals surface area contributed by atoms with Crippen LogP contribution in [0.4, 0.5) is 0 Å². The summed E-state index contributed by atoms with van der Waals surface area (Å²) in [5, 5.41) is 9.82. The van der Waals surface area contributed by atoms with E-state index in [0.717, 1.165) is 38.8 Å². The Balaban J connectivity index is 2.48. The second-order valence-corrected chi connectivity index (χ2v) is 5.93. The van der Waals surface area contributed by atoms with E-state index in [0.29, 0.717) is 6.61 Å². The molecule has 1 aliphatic rings. The highest BCUT2D eigenvalue weighted by Gasteiger charge is 2.35. The lowest BCUT2D eigenvalue weighted by Crippen LogP contribution is -2.44. The molecule has 0 heterocycles. The Bertz CT molecular complexity index is 223. The number of likely N-dealkylation sites (N-methyl/N-ethyl adjacent to an activating group) is 1. The van der Waals surface area contributed by atoms with Gasteiger partial charge >= 0.3 is 0 Å². The number of hydrogen-bond donors (Lipinski definition) is 1. The van der Waals surface area contributed by atoms with Crippen molar-refractivity contribution in [2.24, 2.45) is 11.3 Å². The van der Waals surface area contributed by atoms with E-state index in [1.807, 2.05) is 6.92 Å². The summed E-state index contributed by atoms with van der Waals surface area (Å²) < 4.78 is 5.44. The molecular formula is C15H31NO2. The summed E-state index contributed by atoms with van der Waals surface area (Å²) in [5.74, 6) is 0.761. The average Bonchev–Trinajstić information content (AvgIpc) is 2.38. The molecule has 108 valence electrons. The zero-order valence-electron chi connectivity index (χ0n) is 12.5. The van der Waals surface area contributed by atoms with E-state index in [2.05, 4.69) is 18.7 Å². The maximum absolute atomic E-state index is 9.82. The summed E-state index contributed by atoms with van der Waals surface area (Å²) in [6, 6.07) is 0. The first kappa shape index (κ1) is 15.9. The van der Waals surface area contributed by atoms with Gasteiger partial charge in [0.25, 0.3) is 0 Å². The number of aliphatic hydroxyl groups excluding tert-OH is 1. The van der Waals surface area contributed by atoms with Crippen LogP contribution in [0, 0.1) is 11.3 Å². The van der Waals surface area contributed by atoms with E-state index in [1.54, 1.807) is 0 Å². The average molecular weight is 257 g/mol. The van der Waals surface area contributed by atoms with Gasteiger partial charge in [-0.1, -0.05) is 26.7 Å². The summed E-state index contributed by atoms with van der Waals surface area (Å²) in [6.07, 6.45) is 4.95. The summed E-state index contributed by atoms with van der Waals surface area (Å²) in [5.41, 5.74) is 0.139. The third kappa shape index (κ3) is 4.87. The molecule has 0 aromatic rings. The van der Waals surface area contributed by atoms with Gasteiger partial charge in [0.2, 0.25) is 0 Å². The first-order valence-electron chi connectivity index (χ1n) is 7.56. The highest BCUT2D eigenvalue weighted by atomic mass is 16.5. The van der Waals surface area contributed by atoms with Gasteiger partial charge in [0.1, 0.15) is 0 Å². The molecule has 0 radical (unpaired) electrons. The Hall–Kier alpha value is -0.120. The summed E-state index contributed by atoms with van der Waals surface area (Å²) in [4.78, 5) is 2.43. The first-order chi connectivity index (χ1) is 8.65. The van der Waals surface area contributed by atoms with Gasteiger partial charge in [-0.3, -0.25) is 0 Å². The molecule has 3 nitrogen and oxygen atoms in total. The minimum absolute atomic E-state index is 0.139. The molecular weight excluding hydrogens is 226 g/mol. The zero-order chi connectivity index (χ0) is 13.4. The van der Waals surface area contributed by atoms with Crippen molar-refractivity contribution in [1.29, 1.82) is 0 Å². The third-order valence-electron chi connectivity index (χ3n) is 4.28. The minimum Gasteiger partial charge on any atom is -0.396 e. The lowest BCUT2D eigenvalue weighted by molar-refractivity contribution is 0.0160. The van der Waals surface area contributed by atoms with Crippen LogP contribution in [0.1, 0.15) is 46.5 Å². The summed E-state index contributed by atoms with van der Waals surface area (Å²) >= 11 is 0. The normalized spacial score (nSPS) is 28.8. The fourth-order valence-electron chi connectivity index (χ4n) is 3.27. The maximum atomic E-state index is 9.82. The van der Waals surface area contributed by atoms with Crippen molar-refractivity contribution in [1.82, 2.24) is 4.90 Å². The molecule has 0 aromatic heterocycles. The van der Waals surface area contributed by atoms with Crippen molar-refractivity contribution in [2.75, 3.05) is 39.5 Å². The molecule has 1 saturated carbocycles. The van der Waals surface area contributed by atoms with Crippen LogP contribution in [-0.2, 0) is 4.74 Å². The molecule has 0 spiro atoms. The van der Waals surface area contributed by atoms with Gasteiger partial charge in [0.05, 0.1) is 6.61 Å². The fourth-order valence-corrected chi connectivity index (χ4v) is 3.27. The van der Waals surface area contributed by atoms with Gasteiger partial charge in [0.15, 0.2) is 0 Å². The van der Waals surface area contributed by atoms with E-state index in [9.17, 15) is 5.11 Å². The highest BCUT2D eigenvalue weighted by Crippen LogP contribution is 2.39. The molecule has 2 atom stereocenters. The van der Waals surface area contributed by atoms with E-state index >= 15 is 0 Å². The lowest BCUT2D eigenvalue weighted by Gasteiger charge is -2.42. The van der Waals surface area contributed by atoms with Crippen molar-refractivity contribution in [3.05, 3.63) is 0 Å². The maximum Gasteiger partial charge on any atom is 0.0593 e. The topological polar surface area (TPSA) is 32.7 Å². The predicted octanol–water partition coefficient (Wildman–Crippen LogP) is 2.53. The predicted molar refractivity (Wildman–Crippen MR) is 75.8 cm³/mol. The van der Waals surface area contributed by atoms with Crippen LogP contribution >= 0.6 is 0 Å². The number of rotatable bonds is 8. The summed E-state index contributed by atoms with van der Waals surface area (Å²) in [6.45, 7) is 11.5. The monoisotopic (exact) mass is 257 g/mol. The van der Waals surface area contributed by atoms with Crippen molar-refractivity contribution in [3.8, 4) is 0 Å². The van der Waals surface area contributed by atoms with Gasteiger partial charge < -0.3 is 14.7 Å². The Morgan fingerprint density at radius 1 is 1.39 bits per heavy atom. The van der Waals surface area contributed by atoms with Gasteiger partial charge in [-0.2, -0.15) is 0 Å². The minimum atomic E-state index is 0.139. The Morgan fingerprint density at radius 3 is 2.72 bits per heavy atom. The van der Waals surface area contributed by atoms with E-state index in [4.69, 9.17) is 4.74 Å². The molecule has 18 heavy (non-hydrogen) atoms. The molecule has 2 unspecified atom stereocenters. The number of nitrogens with zero attached hydrogens (tertiary/aromatic N) is 1. The highest BCUT2D eigenvalue weighted by molar-refractivity contribution is 4.87. The van der Waals surface area contributed by atoms with Crippen LogP contribution < -0.4 is 0 Å². The second kappa shape index (κ2) is 8.13. The van der Waals surface area contributed by atoms with Crippen molar-refractivity contribution >= 4 is 0 Å². The van der Waals surface area contributed by atoms with E-state index in [-0.39, 0.29) is 5.41 Å². The molecule has 1 rings (SSSR count). The van der Waals surface area contributed by atoms with Gasteiger partial charge in [-0.25, -0.2) is 0 Å². The Morgan fingerprint density at radius 2 is 2.17 bits per heavy atom. The third-order valence-corrected chi connectivity index (χ3v) is 4.28. The molecule has 1 fully saturated rings. The quantitative estimate of drug-likeness (QED) is 0.678. The molecule has 0 aliphatic heterocycles. The largest absolute Gasteiger partial charge is 0.396 e. The Kier molecular flexibility index (Phi) is 7.20. The number of aliphatic hydroxyl groups is 1. The van der Waals surface area contributed by atoms with E-state index < -0.39 is 0 Å². The van der Waals surface area contributed by atoms with Crippen LogP contribution in [0.2, 0.25) is 0 Å². The van der Waals surface area contributed by atoms with Crippen LogP contribution in [0.25, 0.3) is 0 Å². The SMILES string of the molecule is CCOCCN(CC)CC1(CO)CCCC(C)C1. The first-order valence-corrected chi connectivity index (χ1v) is 7.56. The lowest BCUT2D eigenvalue weighted by atomic mass is 9.70. The number of hydrogen-bond acceptors (Lipinski definition) is 3. The molecule has 0 saturated heterocycles. The van der Waals surface area contributed by atoms with Crippen LogP contribution in [0.15, 0.2) is 0 Å². The van der Waals surface area contributed by atoms with Crippen molar-refractivity contribution in [3.63, 3.8) is 0 Å². The fraction of sp³-hybridized carbons (Fsp3) is 1.00. The standard InChI is InChI=1S/C15H31NO2/c1-4-16(9-10-18-5-2)12-15(13-17)8-6-7-14(3)11-15/h14,17H,4-13H2,1-3H3. The molecule has 0 bridgehead atoms. The summed E-state index contributed by atoms with van der Waals surface area (Å²) in [7, 11) is 0. The van der Waals surface area contributed by atoms with Crippen molar-refractivity contribution < 1.29 is 9.84 Å². The molecule has 3 heteroatoms. The van der Waals surface area contributed by atoms with Gasteiger partial charge in [0, 0.05) is 31.7 Å². The number of ether oxygens (including phenoxy) is 1. The molecule has 0 aromatic carbocycles.